The Balaban J connectivity index is 1.23. The van der Waals surface area contributed by atoms with Crippen LogP contribution in [0.15, 0.2) is 47.5 Å². The van der Waals surface area contributed by atoms with Crippen molar-refractivity contribution in [2.75, 3.05) is 4.72 Å². The van der Waals surface area contributed by atoms with Crippen LogP contribution in [0.2, 0.25) is 0 Å². The Bertz CT molecular complexity index is 1560. The first-order valence-corrected chi connectivity index (χ1v) is 12.5. The molecule has 3 N–H and O–H groups in total. The third-order valence-electron chi connectivity index (χ3n) is 5.83. The van der Waals surface area contributed by atoms with Crippen LogP contribution >= 0.6 is 0 Å². The molecule has 1 aliphatic carbocycles. The molecule has 2 aromatic carbocycles. The van der Waals surface area contributed by atoms with Crippen LogP contribution in [0.25, 0.3) is 10.9 Å². The van der Waals surface area contributed by atoms with Crippen molar-refractivity contribution in [3.63, 3.8) is 0 Å². The molecule has 0 aliphatic heterocycles. The molecule has 0 saturated heterocycles. The Morgan fingerprint density at radius 2 is 2.00 bits per heavy atom. The Kier molecular flexibility index (Phi) is 5.70. The number of fused-ring (bicyclic) bond motifs is 1. The third-order valence-corrected chi connectivity index (χ3v) is 7.21. The van der Waals surface area contributed by atoms with Crippen molar-refractivity contribution in [3.8, 4) is 6.07 Å². The summed E-state index contributed by atoms with van der Waals surface area (Å²) in [5.74, 6) is 0.775. The number of benzene rings is 2. The van der Waals surface area contributed by atoms with Gasteiger partial charge in [-0.1, -0.05) is 18.2 Å². The maximum Gasteiger partial charge on any atom is 0.261 e. The van der Waals surface area contributed by atoms with Crippen LogP contribution < -0.4 is 10.0 Å². The second-order valence-electron chi connectivity index (χ2n) is 8.47. The Morgan fingerprint density at radius 1 is 1.23 bits per heavy atom. The molecular formula is C23H22N8O3S. The standard InChI is InChI=1S/C23H22N8O3S/c1-14-2-9-19(22-21(14)17(10-24)12-26-22)29-35(33,34)18-7-3-15(4-8-18)11-25-20(32)13-31-28-23(27-30-31)16-5-6-16/h2-4,7-9,12,16,26,29H,5-6,11,13H2,1H3,(H,25,32). The van der Waals surface area contributed by atoms with Crippen LogP contribution in [-0.4, -0.2) is 39.5 Å². The van der Waals surface area contributed by atoms with Gasteiger partial charge in [-0.05, 0) is 54.3 Å². The molecule has 11 nitrogen and oxygen atoms in total. The van der Waals surface area contributed by atoms with Crippen LogP contribution in [-0.2, 0) is 27.9 Å². The summed E-state index contributed by atoms with van der Waals surface area (Å²) < 4.78 is 28.5. The average molecular weight is 491 g/mol. The normalized spacial score (nSPS) is 13.5. The Labute approximate surface area is 201 Å². The first kappa shape index (κ1) is 22.5. The van der Waals surface area contributed by atoms with Crippen LogP contribution in [0.5, 0.6) is 0 Å². The number of rotatable bonds is 8. The lowest BCUT2D eigenvalue weighted by molar-refractivity contribution is -0.122. The molecule has 1 fully saturated rings. The van der Waals surface area contributed by atoms with Gasteiger partial charge in [-0.25, -0.2) is 8.42 Å². The molecular weight excluding hydrogens is 468 g/mol. The predicted octanol–water partition coefficient (Wildman–Crippen LogP) is 2.33. The monoisotopic (exact) mass is 490 g/mol. The number of nitrogens with zero attached hydrogens (tertiary/aromatic N) is 5. The highest BCUT2D eigenvalue weighted by Gasteiger charge is 2.28. The molecule has 1 saturated carbocycles. The number of hydrogen-bond donors (Lipinski definition) is 3. The largest absolute Gasteiger partial charge is 0.358 e. The Hall–Kier alpha value is -4.24. The van der Waals surface area contributed by atoms with Gasteiger partial charge in [0.25, 0.3) is 10.0 Å². The zero-order valence-electron chi connectivity index (χ0n) is 18.8. The summed E-state index contributed by atoms with van der Waals surface area (Å²) in [7, 11) is -3.87. The van der Waals surface area contributed by atoms with Crippen LogP contribution in [0.4, 0.5) is 5.69 Å². The van der Waals surface area contributed by atoms with Crippen molar-refractivity contribution in [1.29, 1.82) is 5.26 Å². The van der Waals surface area contributed by atoms with Crippen molar-refractivity contribution in [2.45, 2.75) is 43.7 Å². The molecule has 0 unspecified atom stereocenters. The van der Waals surface area contributed by atoms with Crippen molar-refractivity contribution in [3.05, 3.63) is 65.1 Å². The van der Waals surface area contributed by atoms with E-state index in [0.717, 1.165) is 24.0 Å². The Morgan fingerprint density at radius 3 is 2.71 bits per heavy atom. The number of tetrazole rings is 1. The van der Waals surface area contributed by atoms with Crippen molar-refractivity contribution in [2.24, 2.45) is 0 Å². The fourth-order valence-corrected chi connectivity index (χ4v) is 4.87. The van der Waals surface area contributed by atoms with E-state index in [-0.39, 0.29) is 23.9 Å². The molecule has 12 heteroatoms. The van der Waals surface area contributed by atoms with Crippen molar-refractivity contribution in [1.82, 2.24) is 30.5 Å². The molecule has 1 aliphatic rings. The molecule has 4 aromatic rings. The summed E-state index contributed by atoms with van der Waals surface area (Å²) in [6.07, 6.45) is 3.68. The fourth-order valence-electron chi connectivity index (χ4n) is 3.80. The fraction of sp³-hybridized carbons (Fsp3) is 0.261. The second kappa shape index (κ2) is 8.84. The molecule has 2 heterocycles. The van der Waals surface area contributed by atoms with E-state index < -0.39 is 10.0 Å². The first-order valence-electron chi connectivity index (χ1n) is 11.0. The van der Waals surface area contributed by atoms with Crippen molar-refractivity contribution >= 4 is 32.5 Å². The number of aryl methyl sites for hydroxylation is 1. The van der Waals surface area contributed by atoms with Gasteiger partial charge in [0.1, 0.15) is 12.6 Å². The summed E-state index contributed by atoms with van der Waals surface area (Å²) in [6, 6.07) is 11.8. The molecule has 2 aromatic heterocycles. The molecule has 178 valence electrons. The van der Waals surface area contributed by atoms with E-state index in [2.05, 4.69) is 36.5 Å². The molecule has 1 amide bonds. The van der Waals surface area contributed by atoms with Gasteiger partial charge in [-0.2, -0.15) is 10.1 Å². The summed E-state index contributed by atoms with van der Waals surface area (Å²) in [4.78, 5) is 16.5. The van der Waals surface area contributed by atoms with Crippen LogP contribution in [0.1, 0.15) is 41.3 Å². The minimum atomic E-state index is -3.87. The average Bonchev–Trinajstić information content (AvgIpc) is 3.42. The summed E-state index contributed by atoms with van der Waals surface area (Å²) in [5, 5.41) is 24.8. The topological polar surface area (TPSA) is 158 Å². The number of anilines is 1. The number of sulfonamides is 1. The number of carbonyl (C=O) groups is 1. The number of H-pyrrole nitrogens is 1. The summed E-state index contributed by atoms with van der Waals surface area (Å²) in [6.45, 7) is 2.06. The van der Waals surface area contributed by atoms with Crippen LogP contribution in [0, 0.1) is 18.3 Å². The number of aromatic amines is 1. The molecule has 0 radical (unpaired) electrons. The van der Waals surface area contributed by atoms with Gasteiger partial charge < -0.3 is 10.3 Å². The number of nitriles is 1. The van der Waals surface area contributed by atoms with E-state index >= 15 is 0 Å². The third kappa shape index (κ3) is 4.71. The van der Waals surface area contributed by atoms with Gasteiger partial charge in [0.15, 0.2) is 5.82 Å². The second-order valence-corrected chi connectivity index (χ2v) is 10.2. The van der Waals surface area contributed by atoms with E-state index in [4.69, 9.17) is 0 Å². The van der Waals surface area contributed by atoms with E-state index in [1.165, 1.54) is 16.9 Å². The highest BCUT2D eigenvalue weighted by atomic mass is 32.2. The first-order chi connectivity index (χ1) is 16.8. The van der Waals surface area contributed by atoms with Crippen molar-refractivity contribution < 1.29 is 13.2 Å². The number of hydrogen-bond acceptors (Lipinski definition) is 7. The quantitative estimate of drug-likeness (QED) is 0.342. The summed E-state index contributed by atoms with van der Waals surface area (Å²) >= 11 is 0. The molecule has 0 bridgehead atoms. The van der Waals surface area contributed by atoms with E-state index in [1.54, 1.807) is 30.5 Å². The zero-order chi connectivity index (χ0) is 24.6. The SMILES string of the molecule is Cc1ccc(NS(=O)(=O)c2ccc(CNC(=O)Cn3nnc(C4CC4)n3)cc2)c2[nH]cc(C#N)c12. The maximum absolute atomic E-state index is 13.0. The number of aromatic nitrogens is 5. The lowest BCUT2D eigenvalue weighted by atomic mass is 10.1. The minimum Gasteiger partial charge on any atom is -0.358 e. The van der Waals surface area contributed by atoms with Gasteiger partial charge in [-0.3, -0.25) is 9.52 Å². The van der Waals surface area contributed by atoms with Gasteiger partial charge in [0, 0.05) is 24.0 Å². The lowest BCUT2D eigenvalue weighted by Crippen LogP contribution is -2.28. The lowest BCUT2D eigenvalue weighted by Gasteiger charge is -2.11. The van der Waals surface area contributed by atoms with E-state index in [9.17, 15) is 18.5 Å². The number of carbonyl (C=O) groups excluding carboxylic acids is 1. The summed E-state index contributed by atoms with van der Waals surface area (Å²) in [5.41, 5.74) is 2.97. The maximum atomic E-state index is 13.0. The van der Waals surface area contributed by atoms with E-state index in [0.29, 0.717) is 33.9 Å². The molecule has 0 spiro atoms. The van der Waals surface area contributed by atoms with Gasteiger partial charge >= 0.3 is 0 Å². The number of amides is 1. The number of nitrogens with one attached hydrogen (secondary N) is 3. The molecule has 5 rings (SSSR count). The van der Waals surface area contributed by atoms with Gasteiger partial charge in [0.05, 0.1) is 21.7 Å². The molecule has 0 atom stereocenters. The van der Waals surface area contributed by atoms with E-state index in [1.807, 2.05) is 6.92 Å². The highest BCUT2D eigenvalue weighted by molar-refractivity contribution is 7.92. The van der Waals surface area contributed by atoms with Crippen LogP contribution in [0.3, 0.4) is 0 Å². The molecule has 35 heavy (non-hydrogen) atoms. The zero-order valence-corrected chi connectivity index (χ0v) is 19.6. The smallest absolute Gasteiger partial charge is 0.261 e. The van der Waals surface area contributed by atoms with Gasteiger partial charge in [0.2, 0.25) is 5.91 Å². The predicted molar refractivity (Wildman–Crippen MR) is 127 cm³/mol. The van der Waals surface area contributed by atoms with Gasteiger partial charge in [-0.15, -0.1) is 10.2 Å². The minimum absolute atomic E-state index is 0.0343. The highest BCUT2D eigenvalue weighted by Crippen LogP contribution is 2.37.